The van der Waals surface area contributed by atoms with Crippen LogP contribution in [0.2, 0.25) is 0 Å². The fraction of sp³-hybridized carbons (Fsp3) is 0.867. The number of allylic oxidation sites excluding steroid dienone is 1. The Hall–Kier alpha value is -0.260. The van der Waals surface area contributed by atoms with Crippen LogP contribution in [0.15, 0.2) is 12.2 Å². The maximum absolute atomic E-state index is 4.26. The van der Waals surface area contributed by atoms with Crippen LogP contribution in [0.4, 0.5) is 0 Å². The van der Waals surface area contributed by atoms with Crippen molar-refractivity contribution in [2.75, 3.05) is 0 Å². The molecular weight excluding hydrogens is 180 g/mol. The highest BCUT2D eigenvalue weighted by Gasteiger charge is 2.72. The van der Waals surface area contributed by atoms with Crippen molar-refractivity contribution in [3.8, 4) is 0 Å². The van der Waals surface area contributed by atoms with E-state index in [9.17, 15) is 0 Å². The van der Waals surface area contributed by atoms with Gasteiger partial charge in [0.25, 0.3) is 0 Å². The molecule has 0 heteroatoms. The standard InChI is InChI=1S/C15H24/c1-9(2)13-14-11(4)5-6-12-10(3)7-8-15(12,13)14/h10-14H,1,5-8H2,2-4H3/t10-,11-,12+,13-,14+,15-/m1/s1. The molecule has 0 N–H and O–H groups in total. The molecule has 0 unspecified atom stereocenters. The van der Waals surface area contributed by atoms with Crippen molar-refractivity contribution in [1.29, 1.82) is 0 Å². The highest BCUT2D eigenvalue weighted by atomic mass is 14.8. The molecule has 0 heterocycles. The van der Waals surface area contributed by atoms with Gasteiger partial charge in [-0.15, -0.1) is 0 Å². The predicted octanol–water partition coefficient (Wildman–Crippen LogP) is 4.27. The molecule has 0 bridgehead atoms. The van der Waals surface area contributed by atoms with Crippen molar-refractivity contribution < 1.29 is 0 Å². The second-order valence-corrected chi connectivity index (χ2v) is 6.64. The van der Waals surface area contributed by atoms with Gasteiger partial charge in [0, 0.05) is 0 Å². The van der Waals surface area contributed by atoms with Gasteiger partial charge in [-0.2, -0.15) is 0 Å². The summed E-state index contributed by atoms with van der Waals surface area (Å²) in [5, 5.41) is 0. The van der Waals surface area contributed by atoms with Gasteiger partial charge in [-0.3, -0.25) is 0 Å². The summed E-state index contributed by atoms with van der Waals surface area (Å²) in [5.74, 6) is 4.90. The van der Waals surface area contributed by atoms with Crippen LogP contribution < -0.4 is 0 Å². The molecule has 6 atom stereocenters. The van der Waals surface area contributed by atoms with Gasteiger partial charge in [-0.1, -0.05) is 32.4 Å². The highest BCUT2D eigenvalue weighted by molar-refractivity contribution is 5.28. The molecule has 84 valence electrons. The third-order valence-electron chi connectivity index (χ3n) is 5.94. The Morgan fingerprint density at radius 3 is 2.53 bits per heavy atom. The van der Waals surface area contributed by atoms with Gasteiger partial charge < -0.3 is 0 Å². The lowest BCUT2D eigenvalue weighted by atomic mass is 9.73. The summed E-state index contributed by atoms with van der Waals surface area (Å²) >= 11 is 0. The van der Waals surface area contributed by atoms with Crippen molar-refractivity contribution in [2.45, 2.75) is 46.5 Å². The van der Waals surface area contributed by atoms with E-state index in [1.807, 2.05) is 0 Å². The molecule has 0 amide bonds. The van der Waals surface area contributed by atoms with Gasteiger partial charge in [0.1, 0.15) is 0 Å². The molecule has 3 rings (SSSR count). The summed E-state index contributed by atoms with van der Waals surface area (Å²) < 4.78 is 0. The van der Waals surface area contributed by atoms with E-state index in [4.69, 9.17) is 0 Å². The fourth-order valence-corrected chi connectivity index (χ4v) is 5.48. The first-order chi connectivity index (χ1) is 7.09. The first kappa shape index (κ1) is 9.93. The number of hydrogen-bond acceptors (Lipinski definition) is 0. The largest absolute Gasteiger partial charge is 0.0998 e. The van der Waals surface area contributed by atoms with Crippen LogP contribution in [0.3, 0.4) is 0 Å². The van der Waals surface area contributed by atoms with Gasteiger partial charge in [0.2, 0.25) is 0 Å². The van der Waals surface area contributed by atoms with Gasteiger partial charge >= 0.3 is 0 Å². The lowest BCUT2D eigenvalue weighted by molar-refractivity contribution is 0.177. The van der Waals surface area contributed by atoms with Crippen LogP contribution in [0, 0.1) is 35.0 Å². The first-order valence-corrected chi connectivity index (χ1v) is 6.74. The lowest BCUT2D eigenvalue weighted by Crippen LogP contribution is -2.24. The number of rotatable bonds is 1. The van der Waals surface area contributed by atoms with Crippen molar-refractivity contribution in [3.05, 3.63) is 12.2 Å². The molecule has 3 fully saturated rings. The summed E-state index contributed by atoms with van der Waals surface area (Å²) in [7, 11) is 0. The minimum absolute atomic E-state index is 0.739. The van der Waals surface area contributed by atoms with Gasteiger partial charge in [0.05, 0.1) is 0 Å². The van der Waals surface area contributed by atoms with Crippen molar-refractivity contribution in [2.24, 2.45) is 35.0 Å². The number of hydrogen-bond donors (Lipinski definition) is 0. The Labute approximate surface area is 94.1 Å². The second-order valence-electron chi connectivity index (χ2n) is 6.64. The maximum atomic E-state index is 4.26. The normalized spacial score (nSPS) is 57.1. The van der Waals surface area contributed by atoms with Crippen LogP contribution in [0.5, 0.6) is 0 Å². The van der Waals surface area contributed by atoms with Crippen LogP contribution in [0.25, 0.3) is 0 Å². The molecular formula is C15H24. The van der Waals surface area contributed by atoms with E-state index >= 15 is 0 Å². The fourth-order valence-electron chi connectivity index (χ4n) is 5.48. The van der Waals surface area contributed by atoms with Crippen molar-refractivity contribution >= 4 is 0 Å². The maximum Gasteiger partial charge on any atom is -0.0110 e. The van der Waals surface area contributed by atoms with E-state index in [0.717, 1.165) is 35.0 Å². The van der Waals surface area contributed by atoms with Gasteiger partial charge in [-0.25, -0.2) is 0 Å². The van der Waals surface area contributed by atoms with E-state index in [2.05, 4.69) is 27.4 Å². The van der Waals surface area contributed by atoms with E-state index in [1.54, 1.807) is 0 Å². The second kappa shape index (κ2) is 2.90. The minimum Gasteiger partial charge on any atom is -0.0998 e. The zero-order valence-corrected chi connectivity index (χ0v) is 10.4. The summed E-state index contributed by atoms with van der Waals surface area (Å²) in [6, 6.07) is 0. The SMILES string of the molecule is C=C(C)[C@@H]1[C@@H]2[C@H](C)CC[C@H]3[C@H](C)CC[C@]213. The lowest BCUT2D eigenvalue weighted by Gasteiger charge is -2.31. The summed E-state index contributed by atoms with van der Waals surface area (Å²) in [6.45, 7) is 11.5. The Kier molecular flexibility index (Phi) is 1.92. The van der Waals surface area contributed by atoms with Crippen LogP contribution in [-0.4, -0.2) is 0 Å². The quantitative estimate of drug-likeness (QED) is 0.559. The van der Waals surface area contributed by atoms with E-state index in [-0.39, 0.29) is 0 Å². The Balaban J connectivity index is 1.96. The van der Waals surface area contributed by atoms with Crippen molar-refractivity contribution in [1.82, 2.24) is 0 Å². The highest BCUT2D eigenvalue weighted by Crippen LogP contribution is 2.78. The molecule has 0 radical (unpaired) electrons. The van der Waals surface area contributed by atoms with E-state index < -0.39 is 0 Å². The van der Waals surface area contributed by atoms with Crippen LogP contribution in [0.1, 0.15) is 46.5 Å². The molecule has 0 aromatic carbocycles. The minimum atomic E-state index is 0.739. The zero-order chi connectivity index (χ0) is 10.8. The average Bonchev–Trinajstić information content (AvgIpc) is 2.76. The Bertz CT molecular complexity index is 303. The molecule has 0 saturated heterocycles. The monoisotopic (exact) mass is 204 g/mol. The first-order valence-electron chi connectivity index (χ1n) is 6.74. The van der Waals surface area contributed by atoms with Gasteiger partial charge in [0.15, 0.2) is 0 Å². The van der Waals surface area contributed by atoms with Crippen LogP contribution in [-0.2, 0) is 0 Å². The third kappa shape index (κ3) is 1.04. The predicted molar refractivity (Wildman–Crippen MR) is 64.5 cm³/mol. The molecule has 0 aliphatic heterocycles. The molecule has 0 aromatic heterocycles. The zero-order valence-electron chi connectivity index (χ0n) is 10.4. The summed E-state index contributed by atoms with van der Waals surface area (Å²) in [4.78, 5) is 0. The summed E-state index contributed by atoms with van der Waals surface area (Å²) in [6.07, 6.45) is 5.97. The molecule has 3 aliphatic carbocycles. The molecule has 0 aromatic rings. The van der Waals surface area contributed by atoms with Crippen LogP contribution >= 0.6 is 0 Å². The van der Waals surface area contributed by atoms with E-state index in [1.165, 1.54) is 31.3 Å². The molecule has 0 nitrogen and oxygen atoms in total. The molecule has 3 saturated carbocycles. The third-order valence-corrected chi connectivity index (χ3v) is 5.94. The molecule has 15 heavy (non-hydrogen) atoms. The van der Waals surface area contributed by atoms with Crippen molar-refractivity contribution in [3.63, 3.8) is 0 Å². The summed E-state index contributed by atoms with van der Waals surface area (Å²) in [5.41, 5.74) is 2.22. The molecule has 3 aliphatic rings. The molecule has 1 spiro atoms. The average molecular weight is 204 g/mol. The Morgan fingerprint density at radius 1 is 1.13 bits per heavy atom. The van der Waals surface area contributed by atoms with Gasteiger partial charge in [-0.05, 0) is 61.2 Å². The Morgan fingerprint density at radius 2 is 1.87 bits per heavy atom. The topological polar surface area (TPSA) is 0 Å². The smallest absolute Gasteiger partial charge is 0.0110 e. The van der Waals surface area contributed by atoms with E-state index in [0.29, 0.717) is 0 Å².